The molecule has 3 aromatic rings. The van der Waals surface area contributed by atoms with E-state index in [1.54, 1.807) is 29.6 Å². The van der Waals surface area contributed by atoms with Crippen LogP contribution in [0.3, 0.4) is 0 Å². The molecule has 0 unspecified atom stereocenters. The molecular formula is C25H19BClF6N3O4. The largest absolute Gasteiger partial charge is 0.487 e. The monoisotopic (exact) mass is 585 g/mol. The van der Waals surface area contributed by atoms with Crippen molar-refractivity contribution in [3.8, 4) is 5.75 Å². The summed E-state index contributed by atoms with van der Waals surface area (Å²) in [7, 11) is 1.83. The number of carbonyl (C=O) groups excluding carboxylic acids is 3. The molecule has 0 radical (unpaired) electrons. The highest BCUT2D eigenvalue weighted by Gasteiger charge is 2.38. The van der Waals surface area contributed by atoms with Crippen LogP contribution in [0.4, 0.5) is 37.7 Å². The molecule has 0 aliphatic rings. The number of halogens is 7. The number of carbonyl (C=O) groups is 3. The Labute approximate surface area is 229 Å². The van der Waals surface area contributed by atoms with Crippen LogP contribution in [0.2, 0.25) is 5.02 Å². The van der Waals surface area contributed by atoms with E-state index in [9.17, 15) is 40.7 Å². The summed E-state index contributed by atoms with van der Waals surface area (Å²) in [5.74, 6) is -5.52. The van der Waals surface area contributed by atoms with E-state index in [1.807, 2.05) is 7.85 Å². The first-order valence-corrected chi connectivity index (χ1v) is 11.7. The molecule has 3 rings (SSSR count). The second-order valence-electron chi connectivity index (χ2n) is 8.26. The number of hydrogen-bond acceptors (Lipinski definition) is 4. The van der Waals surface area contributed by atoms with Crippen molar-refractivity contribution in [2.24, 2.45) is 0 Å². The Morgan fingerprint density at radius 2 is 1.55 bits per heavy atom. The number of nitrogens with one attached hydrogen (secondary N) is 3. The van der Waals surface area contributed by atoms with E-state index in [2.05, 4.69) is 10.6 Å². The van der Waals surface area contributed by atoms with Crippen molar-refractivity contribution in [1.82, 2.24) is 5.32 Å². The minimum atomic E-state index is -5.17. The number of benzene rings is 3. The van der Waals surface area contributed by atoms with Crippen LogP contribution < -0.4 is 26.2 Å². The third-order valence-corrected chi connectivity index (χ3v) is 5.68. The predicted molar refractivity (Wildman–Crippen MR) is 138 cm³/mol. The van der Waals surface area contributed by atoms with Crippen LogP contribution in [0.1, 0.15) is 26.3 Å². The molecular weight excluding hydrogens is 567 g/mol. The van der Waals surface area contributed by atoms with Crippen molar-refractivity contribution < 1.29 is 45.5 Å². The summed E-state index contributed by atoms with van der Waals surface area (Å²) >= 11 is 6.06. The molecule has 40 heavy (non-hydrogen) atoms. The van der Waals surface area contributed by atoms with Gasteiger partial charge in [-0.1, -0.05) is 35.3 Å². The number of alkyl halides is 5. The van der Waals surface area contributed by atoms with E-state index in [-0.39, 0.29) is 22.6 Å². The highest BCUT2D eigenvalue weighted by atomic mass is 35.5. The Balaban J connectivity index is 1.87. The third-order valence-electron chi connectivity index (χ3n) is 5.25. The molecule has 0 bridgehead atoms. The van der Waals surface area contributed by atoms with E-state index < -0.39 is 59.9 Å². The quantitative estimate of drug-likeness (QED) is 0.261. The van der Waals surface area contributed by atoms with E-state index in [0.717, 1.165) is 29.7 Å². The van der Waals surface area contributed by atoms with Crippen molar-refractivity contribution in [2.75, 3.05) is 17.2 Å². The lowest BCUT2D eigenvalue weighted by molar-refractivity contribution is -0.173. The summed E-state index contributed by atoms with van der Waals surface area (Å²) in [5, 5.41) is 5.88. The van der Waals surface area contributed by atoms with Crippen LogP contribution in [0, 0.1) is 5.82 Å². The molecule has 0 atom stereocenters. The summed E-state index contributed by atoms with van der Waals surface area (Å²) in [5.41, 5.74) is 0.0437. The standard InChI is InChI=1S/C25H19BClF6N3O4/c26-13-2-4-14(5-3-13)35-22(37)16-9-15(6-8-18(16)40-11-19(29)30)36-23(38)20-17(28)7-1-12(21(20)27)10-34-24(39)25(31,32)33/h1-9,19H,10-11,26H2,(H,34,39)(H,35,37)(H,36,38). The van der Waals surface area contributed by atoms with Gasteiger partial charge in [0.15, 0.2) is 0 Å². The van der Waals surface area contributed by atoms with Gasteiger partial charge in [-0.15, -0.1) is 0 Å². The lowest BCUT2D eigenvalue weighted by Crippen LogP contribution is -2.36. The fourth-order valence-electron chi connectivity index (χ4n) is 3.31. The Hall–Kier alpha value is -4.20. The Bertz CT molecular complexity index is 1420. The van der Waals surface area contributed by atoms with Gasteiger partial charge in [0.2, 0.25) is 0 Å². The second kappa shape index (κ2) is 12.8. The van der Waals surface area contributed by atoms with Crippen molar-refractivity contribution in [3.63, 3.8) is 0 Å². The zero-order valence-electron chi connectivity index (χ0n) is 20.5. The van der Waals surface area contributed by atoms with Gasteiger partial charge < -0.3 is 20.7 Å². The van der Waals surface area contributed by atoms with E-state index in [1.165, 1.54) is 6.07 Å². The smallest absolute Gasteiger partial charge is 0.471 e. The zero-order chi connectivity index (χ0) is 29.6. The molecule has 3 amide bonds. The third kappa shape index (κ3) is 7.91. The number of hydrogen-bond donors (Lipinski definition) is 3. The van der Waals surface area contributed by atoms with Crippen molar-refractivity contribution in [2.45, 2.75) is 19.1 Å². The molecule has 0 aromatic heterocycles. The maximum Gasteiger partial charge on any atom is 0.471 e. The minimum absolute atomic E-state index is 0.0882. The first-order chi connectivity index (χ1) is 18.8. The first-order valence-electron chi connectivity index (χ1n) is 11.3. The van der Waals surface area contributed by atoms with Gasteiger partial charge in [-0.05, 0) is 42.0 Å². The lowest BCUT2D eigenvalue weighted by Gasteiger charge is -2.15. The normalized spacial score (nSPS) is 11.2. The maximum absolute atomic E-state index is 14.5. The number of ether oxygens (including phenoxy) is 1. The lowest BCUT2D eigenvalue weighted by atomic mass is 9.96. The first kappa shape index (κ1) is 30.3. The molecule has 0 spiro atoms. The molecule has 0 saturated carbocycles. The number of rotatable bonds is 9. The van der Waals surface area contributed by atoms with Gasteiger partial charge in [-0.2, -0.15) is 13.2 Å². The van der Waals surface area contributed by atoms with Gasteiger partial charge in [-0.3, -0.25) is 14.4 Å². The van der Waals surface area contributed by atoms with Crippen LogP contribution in [0.25, 0.3) is 0 Å². The average molecular weight is 586 g/mol. The number of anilines is 2. The summed E-state index contributed by atoms with van der Waals surface area (Å²) in [4.78, 5) is 36.9. The molecule has 3 aromatic carbocycles. The molecule has 0 aliphatic carbocycles. The van der Waals surface area contributed by atoms with E-state index >= 15 is 0 Å². The summed E-state index contributed by atoms with van der Waals surface area (Å²) < 4.78 is 82.4. The highest BCUT2D eigenvalue weighted by molar-refractivity contribution is 6.35. The second-order valence-corrected chi connectivity index (χ2v) is 8.64. The van der Waals surface area contributed by atoms with Crippen LogP contribution in [0.5, 0.6) is 5.75 Å². The molecule has 7 nitrogen and oxygen atoms in total. The van der Waals surface area contributed by atoms with Gasteiger partial charge in [0.1, 0.15) is 26.0 Å². The molecule has 3 N–H and O–H groups in total. The molecule has 0 aliphatic heterocycles. The fourth-order valence-corrected chi connectivity index (χ4v) is 3.61. The molecule has 0 heterocycles. The van der Waals surface area contributed by atoms with Crippen molar-refractivity contribution >= 4 is 54.0 Å². The summed E-state index contributed by atoms with van der Waals surface area (Å²) in [6.45, 7) is -1.77. The minimum Gasteiger partial charge on any atom is -0.487 e. The Morgan fingerprint density at radius 1 is 0.925 bits per heavy atom. The van der Waals surface area contributed by atoms with Gasteiger partial charge in [0, 0.05) is 17.9 Å². The van der Waals surface area contributed by atoms with Crippen LogP contribution in [-0.2, 0) is 11.3 Å². The molecule has 15 heteroatoms. The zero-order valence-corrected chi connectivity index (χ0v) is 21.2. The highest BCUT2D eigenvalue weighted by Crippen LogP contribution is 2.28. The number of amides is 3. The van der Waals surface area contributed by atoms with Crippen LogP contribution >= 0.6 is 11.6 Å². The SMILES string of the molecule is Bc1ccc(NC(=O)c2cc(NC(=O)c3c(F)ccc(CNC(=O)C(F)(F)F)c3Cl)ccc2OCC(F)F)cc1. The average Bonchev–Trinajstić information content (AvgIpc) is 2.88. The van der Waals surface area contributed by atoms with Gasteiger partial charge in [0.05, 0.1) is 16.1 Å². The summed E-state index contributed by atoms with van der Waals surface area (Å²) in [6.07, 6.45) is -8.01. The van der Waals surface area contributed by atoms with Gasteiger partial charge in [0.25, 0.3) is 18.2 Å². The van der Waals surface area contributed by atoms with Crippen molar-refractivity contribution in [3.05, 3.63) is 82.1 Å². The van der Waals surface area contributed by atoms with Crippen molar-refractivity contribution in [1.29, 1.82) is 0 Å². The maximum atomic E-state index is 14.5. The Morgan fingerprint density at radius 3 is 2.17 bits per heavy atom. The molecule has 210 valence electrons. The van der Waals surface area contributed by atoms with Crippen LogP contribution in [-0.4, -0.2) is 44.8 Å². The van der Waals surface area contributed by atoms with E-state index in [4.69, 9.17) is 16.3 Å². The molecule has 0 fully saturated rings. The molecule has 0 saturated heterocycles. The Kier molecular flexibility index (Phi) is 9.69. The van der Waals surface area contributed by atoms with Crippen LogP contribution in [0.15, 0.2) is 54.6 Å². The van der Waals surface area contributed by atoms with Gasteiger partial charge >= 0.3 is 12.1 Å². The summed E-state index contributed by atoms with van der Waals surface area (Å²) in [6, 6.07) is 11.9. The van der Waals surface area contributed by atoms with Gasteiger partial charge in [-0.25, -0.2) is 13.2 Å². The van der Waals surface area contributed by atoms with E-state index in [0.29, 0.717) is 5.69 Å². The fraction of sp³-hybridized carbons (Fsp3) is 0.160. The predicted octanol–water partition coefficient (Wildman–Crippen LogP) is 4.06. The topological polar surface area (TPSA) is 96.5 Å².